The van der Waals surface area contributed by atoms with Crippen LogP contribution in [0.3, 0.4) is 0 Å². The average Bonchev–Trinajstić information content (AvgIpc) is 2.66. The molecule has 0 aromatic heterocycles. The first-order chi connectivity index (χ1) is 7.67. The molecule has 0 bridgehead atoms. The Bertz CT molecular complexity index is 268. The lowest BCUT2D eigenvalue weighted by Crippen LogP contribution is -2.43. The molecule has 0 fully saturated rings. The maximum Gasteiger partial charge on any atom is 0.242 e. The summed E-state index contributed by atoms with van der Waals surface area (Å²) < 4.78 is 0. The molecule has 1 rings (SSSR count). The van der Waals surface area contributed by atoms with Gasteiger partial charge in [-0.05, 0) is 20.3 Å². The van der Waals surface area contributed by atoms with E-state index in [9.17, 15) is 4.79 Å². The van der Waals surface area contributed by atoms with Crippen molar-refractivity contribution >= 4 is 22.8 Å². The summed E-state index contributed by atoms with van der Waals surface area (Å²) in [7, 11) is 0. The number of likely N-dealkylation sites (N-methyl/N-ethyl adjacent to an activating group) is 1. The first-order valence-corrected chi connectivity index (χ1v) is 6.80. The highest BCUT2D eigenvalue weighted by molar-refractivity contribution is 8.14. The van der Waals surface area contributed by atoms with Gasteiger partial charge in [-0.3, -0.25) is 9.79 Å². The highest BCUT2D eigenvalue weighted by atomic mass is 32.2. The van der Waals surface area contributed by atoms with E-state index >= 15 is 0 Å². The number of carbonyl (C=O) groups excluding carboxylic acids is 1. The maximum absolute atomic E-state index is 11.5. The monoisotopic (exact) mass is 243 g/mol. The van der Waals surface area contributed by atoms with E-state index in [1.165, 1.54) is 12.8 Å². The third-order valence-electron chi connectivity index (χ3n) is 2.41. The van der Waals surface area contributed by atoms with Crippen molar-refractivity contribution in [3.63, 3.8) is 0 Å². The van der Waals surface area contributed by atoms with Crippen LogP contribution in [0, 0.1) is 0 Å². The average molecular weight is 243 g/mol. The van der Waals surface area contributed by atoms with Crippen LogP contribution in [0.1, 0.15) is 33.6 Å². The molecule has 4 nitrogen and oxygen atoms in total. The van der Waals surface area contributed by atoms with Crippen molar-refractivity contribution in [2.45, 2.75) is 44.9 Å². The summed E-state index contributed by atoms with van der Waals surface area (Å²) >= 11 is 1.76. The van der Waals surface area contributed by atoms with Gasteiger partial charge in [-0.25, -0.2) is 0 Å². The Kier molecular flexibility index (Phi) is 5.66. The first kappa shape index (κ1) is 13.4. The van der Waals surface area contributed by atoms with Gasteiger partial charge in [0.1, 0.15) is 6.04 Å². The fraction of sp³-hybridized carbons (Fsp3) is 0.818. The van der Waals surface area contributed by atoms with Crippen molar-refractivity contribution in [3.8, 4) is 0 Å². The Morgan fingerprint density at radius 1 is 1.62 bits per heavy atom. The number of aliphatic imine (C=N–C) groups is 1. The second-order valence-corrected chi connectivity index (χ2v) is 5.22. The second kappa shape index (κ2) is 6.78. The summed E-state index contributed by atoms with van der Waals surface area (Å²) in [5.74, 6) is 0.0322. The lowest BCUT2D eigenvalue weighted by Gasteiger charge is -2.14. The first-order valence-electron chi connectivity index (χ1n) is 5.92. The third kappa shape index (κ3) is 4.04. The number of nitrogens with one attached hydrogen (secondary N) is 2. The molecule has 0 aromatic rings. The molecule has 1 aliphatic rings. The summed E-state index contributed by atoms with van der Waals surface area (Å²) in [6.45, 7) is 7.51. The van der Waals surface area contributed by atoms with Crippen molar-refractivity contribution < 1.29 is 4.79 Å². The highest BCUT2D eigenvalue weighted by Crippen LogP contribution is 2.23. The minimum Gasteiger partial charge on any atom is -0.355 e. The lowest BCUT2D eigenvalue weighted by molar-refractivity contribution is -0.122. The van der Waals surface area contributed by atoms with Gasteiger partial charge in [0.2, 0.25) is 5.91 Å². The lowest BCUT2D eigenvalue weighted by atomic mass is 10.2. The number of nitrogens with zero attached hydrogens (tertiary/aromatic N) is 1. The van der Waals surface area contributed by atoms with E-state index in [0.717, 1.165) is 11.7 Å². The van der Waals surface area contributed by atoms with Gasteiger partial charge in [0.25, 0.3) is 0 Å². The van der Waals surface area contributed by atoms with Crippen LogP contribution in [-0.2, 0) is 4.79 Å². The molecule has 2 unspecified atom stereocenters. The van der Waals surface area contributed by atoms with Crippen molar-refractivity contribution in [2.24, 2.45) is 4.99 Å². The van der Waals surface area contributed by atoms with Crippen LogP contribution in [0.5, 0.6) is 0 Å². The Morgan fingerprint density at radius 2 is 2.38 bits per heavy atom. The third-order valence-corrected chi connectivity index (χ3v) is 3.60. The van der Waals surface area contributed by atoms with E-state index in [-0.39, 0.29) is 11.9 Å². The minimum atomic E-state index is -0.202. The topological polar surface area (TPSA) is 53.5 Å². The Hall–Kier alpha value is -0.710. The molecule has 2 N–H and O–H groups in total. The number of rotatable bonds is 5. The van der Waals surface area contributed by atoms with E-state index in [2.05, 4.69) is 22.5 Å². The number of hydrogen-bond donors (Lipinski definition) is 2. The second-order valence-electron chi connectivity index (χ2n) is 3.93. The van der Waals surface area contributed by atoms with Crippen LogP contribution in [-0.4, -0.2) is 35.5 Å². The van der Waals surface area contributed by atoms with Crippen LogP contribution in [0.4, 0.5) is 0 Å². The molecule has 0 radical (unpaired) electrons. The van der Waals surface area contributed by atoms with Crippen molar-refractivity contribution in [1.29, 1.82) is 0 Å². The Balaban J connectivity index is 2.30. The predicted molar refractivity (Wildman–Crippen MR) is 69.9 cm³/mol. The quantitative estimate of drug-likeness (QED) is 0.767. The molecule has 5 heteroatoms. The Labute approximate surface area is 102 Å². The molecule has 92 valence electrons. The van der Waals surface area contributed by atoms with Gasteiger partial charge in [0.05, 0.1) is 6.54 Å². The van der Waals surface area contributed by atoms with Crippen molar-refractivity contribution in [2.75, 3.05) is 13.1 Å². The molecule has 2 atom stereocenters. The molecular weight excluding hydrogens is 222 g/mol. The van der Waals surface area contributed by atoms with Gasteiger partial charge in [-0.15, -0.1) is 0 Å². The SMILES string of the molecule is CCCC1CN=C(NC(C)C(=O)NCC)S1. The number of amidine groups is 1. The largest absolute Gasteiger partial charge is 0.355 e. The molecule has 1 amide bonds. The van der Waals surface area contributed by atoms with E-state index in [0.29, 0.717) is 11.8 Å². The molecule has 0 aliphatic carbocycles. The smallest absolute Gasteiger partial charge is 0.242 e. The maximum atomic E-state index is 11.5. The molecule has 1 aliphatic heterocycles. The zero-order chi connectivity index (χ0) is 12.0. The standard InChI is InChI=1S/C11H21N3OS/c1-4-6-9-7-13-11(16-9)14-8(3)10(15)12-5-2/h8-9H,4-7H2,1-3H3,(H,12,15)(H,13,14). The van der Waals surface area contributed by atoms with Crippen molar-refractivity contribution in [3.05, 3.63) is 0 Å². The molecule has 1 heterocycles. The van der Waals surface area contributed by atoms with Crippen LogP contribution in [0.15, 0.2) is 4.99 Å². The van der Waals surface area contributed by atoms with E-state index in [4.69, 9.17) is 0 Å². The number of thioether (sulfide) groups is 1. The molecule has 0 saturated heterocycles. The number of carbonyl (C=O) groups is 1. The van der Waals surface area contributed by atoms with Crippen LogP contribution in [0.25, 0.3) is 0 Å². The van der Waals surface area contributed by atoms with Gasteiger partial charge in [0, 0.05) is 11.8 Å². The van der Waals surface area contributed by atoms with Gasteiger partial charge < -0.3 is 10.6 Å². The van der Waals surface area contributed by atoms with Crippen LogP contribution < -0.4 is 10.6 Å². The fourth-order valence-electron chi connectivity index (χ4n) is 1.55. The summed E-state index contributed by atoms with van der Waals surface area (Å²) in [6.07, 6.45) is 2.38. The molecular formula is C11H21N3OS. The fourth-order valence-corrected chi connectivity index (χ4v) is 2.76. The van der Waals surface area contributed by atoms with E-state index in [1.807, 2.05) is 13.8 Å². The summed E-state index contributed by atoms with van der Waals surface area (Å²) in [5.41, 5.74) is 0. The van der Waals surface area contributed by atoms with Crippen LogP contribution in [0.2, 0.25) is 0 Å². The zero-order valence-corrected chi connectivity index (χ0v) is 11.1. The van der Waals surface area contributed by atoms with Gasteiger partial charge in [-0.1, -0.05) is 25.1 Å². The van der Waals surface area contributed by atoms with E-state index < -0.39 is 0 Å². The molecule has 0 spiro atoms. The van der Waals surface area contributed by atoms with Crippen LogP contribution >= 0.6 is 11.8 Å². The number of amides is 1. The minimum absolute atomic E-state index is 0.0322. The number of hydrogen-bond acceptors (Lipinski definition) is 4. The van der Waals surface area contributed by atoms with Gasteiger partial charge in [0.15, 0.2) is 5.17 Å². The van der Waals surface area contributed by atoms with Gasteiger partial charge >= 0.3 is 0 Å². The normalized spacial score (nSPS) is 21.4. The summed E-state index contributed by atoms with van der Waals surface area (Å²) in [4.78, 5) is 15.9. The summed E-state index contributed by atoms with van der Waals surface area (Å²) in [5, 5.41) is 7.45. The summed E-state index contributed by atoms with van der Waals surface area (Å²) in [6, 6.07) is -0.202. The predicted octanol–water partition coefficient (Wildman–Crippen LogP) is 1.37. The molecule has 16 heavy (non-hydrogen) atoms. The molecule has 0 saturated carbocycles. The highest BCUT2D eigenvalue weighted by Gasteiger charge is 2.21. The Morgan fingerprint density at radius 3 is 3.00 bits per heavy atom. The zero-order valence-electron chi connectivity index (χ0n) is 10.2. The molecule has 0 aromatic carbocycles. The van der Waals surface area contributed by atoms with E-state index in [1.54, 1.807) is 11.8 Å². The van der Waals surface area contributed by atoms with Crippen molar-refractivity contribution in [1.82, 2.24) is 10.6 Å². The van der Waals surface area contributed by atoms with Gasteiger partial charge in [-0.2, -0.15) is 0 Å².